The lowest BCUT2D eigenvalue weighted by Crippen LogP contribution is -2.38. The molecule has 3 rings (SSSR count). The minimum absolute atomic E-state index is 0.182. The average molecular weight is 264 g/mol. The summed E-state index contributed by atoms with van der Waals surface area (Å²) in [6.07, 6.45) is 1.21. The van der Waals surface area contributed by atoms with Gasteiger partial charge in [0.2, 0.25) is 0 Å². The molecule has 0 spiro atoms. The Morgan fingerprint density at radius 2 is 2.37 bits per heavy atom. The van der Waals surface area contributed by atoms with Crippen LogP contribution in [0.3, 0.4) is 0 Å². The van der Waals surface area contributed by atoms with Gasteiger partial charge >= 0.3 is 0 Å². The van der Waals surface area contributed by atoms with Crippen LogP contribution in [0.5, 0.6) is 5.75 Å². The average Bonchev–Trinajstić information content (AvgIpc) is 2.69. The molecule has 2 aliphatic rings. The smallest absolute Gasteiger partial charge is 0.124 e. The number of benzene rings is 1. The molecule has 0 radical (unpaired) electrons. The van der Waals surface area contributed by atoms with E-state index in [4.69, 9.17) is 4.74 Å². The number of ether oxygens (including phenoxy) is 1. The molecule has 2 heterocycles. The quantitative estimate of drug-likeness (QED) is 0.884. The first-order chi connectivity index (χ1) is 9.15. The molecule has 1 atom stereocenters. The van der Waals surface area contributed by atoms with Crippen molar-refractivity contribution in [2.75, 3.05) is 32.8 Å². The molecule has 0 aromatic heterocycles. The fourth-order valence-corrected chi connectivity index (χ4v) is 3.10. The molecule has 1 unspecified atom stereocenters. The third kappa shape index (κ3) is 2.90. The van der Waals surface area contributed by atoms with Crippen LogP contribution in [0.4, 0.5) is 4.39 Å². The van der Waals surface area contributed by atoms with Gasteiger partial charge in [-0.1, -0.05) is 6.92 Å². The minimum atomic E-state index is -0.182. The van der Waals surface area contributed by atoms with Crippen molar-refractivity contribution in [3.05, 3.63) is 29.6 Å². The van der Waals surface area contributed by atoms with Crippen LogP contribution in [0.25, 0.3) is 0 Å². The van der Waals surface area contributed by atoms with E-state index >= 15 is 0 Å². The highest BCUT2D eigenvalue weighted by Crippen LogP contribution is 2.29. The topological polar surface area (TPSA) is 24.5 Å². The number of hydrogen-bond acceptors (Lipinski definition) is 3. The van der Waals surface area contributed by atoms with E-state index in [1.165, 1.54) is 12.5 Å². The Labute approximate surface area is 113 Å². The molecule has 1 saturated heterocycles. The molecule has 0 aliphatic carbocycles. The van der Waals surface area contributed by atoms with Crippen LogP contribution < -0.4 is 10.1 Å². The van der Waals surface area contributed by atoms with Crippen molar-refractivity contribution in [1.29, 1.82) is 0 Å². The van der Waals surface area contributed by atoms with Gasteiger partial charge in [0.25, 0.3) is 0 Å². The van der Waals surface area contributed by atoms with Crippen LogP contribution in [-0.2, 0) is 6.54 Å². The second-order valence-corrected chi connectivity index (χ2v) is 6.05. The van der Waals surface area contributed by atoms with Crippen molar-refractivity contribution in [2.45, 2.75) is 19.9 Å². The van der Waals surface area contributed by atoms with Gasteiger partial charge < -0.3 is 10.1 Å². The maximum atomic E-state index is 13.4. The van der Waals surface area contributed by atoms with Crippen LogP contribution in [0.1, 0.15) is 18.9 Å². The first-order valence-corrected chi connectivity index (χ1v) is 6.99. The number of nitrogens with one attached hydrogen (secondary N) is 1. The van der Waals surface area contributed by atoms with E-state index in [1.807, 2.05) is 0 Å². The lowest BCUT2D eigenvalue weighted by atomic mass is 9.89. The predicted octanol–water partition coefficient (Wildman–Crippen LogP) is 2.02. The van der Waals surface area contributed by atoms with Gasteiger partial charge in [-0.25, -0.2) is 4.39 Å². The van der Waals surface area contributed by atoms with Crippen molar-refractivity contribution in [2.24, 2.45) is 5.41 Å². The molecule has 1 aromatic carbocycles. The SMILES string of the molecule is CC1(CN2CCOc3ccc(F)cc3C2)CCNC1. The molecular weight excluding hydrogens is 243 g/mol. The normalized spacial score (nSPS) is 27.7. The molecule has 0 amide bonds. The Balaban J connectivity index is 1.74. The van der Waals surface area contributed by atoms with Crippen molar-refractivity contribution in [1.82, 2.24) is 10.2 Å². The van der Waals surface area contributed by atoms with Gasteiger partial charge in [0.05, 0.1) is 0 Å². The van der Waals surface area contributed by atoms with Crippen molar-refractivity contribution < 1.29 is 9.13 Å². The van der Waals surface area contributed by atoms with Crippen LogP contribution in [0.15, 0.2) is 18.2 Å². The third-order valence-electron chi connectivity index (χ3n) is 4.14. The number of rotatable bonds is 2. The number of nitrogens with zero attached hydrogens (tertiary/aromatic N) is 1. The van der Waals surface area contributed by atoms with Crippen molar-refractivity contribution in [3.8, 4) is 5.75 Å². The number of halogens is 1. The molecule has 4 heteroatoms. The summed E-state index contributed by atoms with van der Waals surface area (Å²) >= 11 is 0. The lowest BCUT2D eigenvalue weighted by Gasteiger charge is -2.30. The Morgan fingerprint density at radius 1 is 1.47 bits per heavy atom. The summed E-state index contributed by atoms with van der Waals surface area (Å²) in [5.74, 6) is 0.650. The summed E-state index contributed by atoms with van der Waals surface area (Å²) in [6, 6.07) is 4.81. The zero-order valence-electron chi connectivity index (χ0n) is 11.4. The summed E-state index contributed by atoms with van der Waals surface area (Å²) in [6.45, 7) is 7.91. The number of hydrogen-bond donors (Lipinski definition) is 1. The first kappa shape index (κ1) is 12.9. The standard InChI is InChI=1S/C15H21FN2O/c1-15(4-5-17-10-15)11-18-6-7-19-14-3-2-13(16)8-12(14)9-18/h2-3,8,17H,4-7,9-11H2,1H3. The molecule has 0 bridgehead atoms. The van der Waals surface area contributed by atoms with Crippen LogP contribution >= 0.6 is 0 Å². The largest absolute Gasteiger partial charge is 0.492 e. The van der Waals surface area contributed by atoms with Gasteiger partial charge in [0.1, 0.15) is 18.2 Å². The summed E-state index contributed by atoms with van der Waals surface area (Å²) in [4.78, 5) is 2.39. The highest BCUT2D eigenvalue weighted by molar-refractivity contribution is 5.34. The number of fused-ring (bicyclic) bond motifs is 1. The van der Waals surface area contributed by atoms with Gasteiger partial charge in [-0.15, -0.1) is 0 Å². The minimum Gasteiger partial charge on any atom is -0.492 e. The summed E-state index contributed by atoms with van der Waals surface area (Å²) in [7, 11) is 0. The van der Waals surface area contributed by atoms with E-state index in [1.54, 1.807) is 12.1 Å². The van der Waals surface area contributed by atoms with Crippen molar-refractivity contribution >= 4 is 0 Å². The maximum absolute atomic E-state index is 13.4. The Kier molecular flexibility index (Phi) is 3.46. The van der Waals surface area contributed by atoms with E-state index < -0.39 is 0 Å². The van der Waals surface area contributed by atoms with Crippen LogP contribution in [-0.4, -0.2) is 37.7 Å². The molecule has 3 nitrogen and oxygen atoms in total. The van der Waals surface area contributed by atoms with E-state index in [2.05, 4.69) is 17.1 Å². The fourth-order valence-electron chi connectivity index (χ4n) is 3.10. The van der Waals surface area contributed by atoms with Crippen LogP contribution in [0.2, 0.25) is 0 Å². The van der Waals surface area contributed by atoms with E-state index in [-0.39, 0.29) is 5.82 Å². The van der Waals surface area contributed by atoms with E-state index in [9.17, 15) is 4.39 Å². The Hall–Kier alpha value is -1.13. The maximum Gasteiger partial charge on any atom is 0.124 e. The zero-order chi connectivity index (χ0) is 13.3. The third-order valence-corrected chi connectivity index (χ3v) is 4.14. The molecule has 104 valence electrons. The summed E-state index contributed by atoms with van der Waals surface area (Å²) < 4.78 is 19.1. The molecule has 2 aliphatic heterocycles. The van der Waals surface area contributed by atoms with Gasteiger partial charge in [0, 0.05) is 31.7 Å². The molecule has 1 aromatic rings. The summed E-state index contributed by atoms with van der Waals surface area (Å²) in [5, 5.41) is 3.43. The van der Waals surface area contributed by atoms with Gasteiger partial charge in [-0.3, -0.25) is 4.90 Å². The van der Waals surface area contributed by atoms with E-state index in [0.29, 0.717) is 12.0 Å². The lowest BCUT2D eigenvalue weighted by molar-refractivity contribution is 0.158. The molecule has 1 fully saturated rings. The second-order valence-electron chi connectivity index (χ2n) is 6.05. The predicted molar refractivity (Wildman–Crippen MR) is 72.8 cm³/mol. The summed E-state index contributed by atoms with van der Waals surface area (Å²) in [5.41, 5.74) is 1.30. The van der Waals surface area contributed by atoms with Gasteiger partial charge in [0.15, 0.2) is 0 Å². The van der Waals surface area contributed by atoms with Gasteiger partial charge in [-0.2, -0.15) is 0 Å². The monoisotopic (exact) mass is 264 g/mol. The fraction of sp³-hybridized carbons (Fsp3) is 0.600. The molecule has 19 heavy (non-hydrogen) atoms. The highest BCUT2D eigenvalue weighted by atomic mass is 19.1. The second kappa shape index (κ2) is 5.10. The Bertz CT molecular complexity index is 457. The molecular formula is C15H21FN2O. The Morgan fingerprint density at radius 3 is 3.16 bits per heavy atom. The van der Waals surface area contributed by atoms with Crippen LogP contribution in [0, 0.1) is 11.2 Å². The zero-order valence-corrected chi connectivity index (χ0v) is 11.4. The molecule has 1 N–H and O–H groups in total. The van der Waals surface area contributed by atoms with Crippen molar-refractivity contribution in [3.63, 3.8) is 0 Å². The first-order valence-electron chi connectivity index (χ1n) is 6.99. The highest BCUT2D eigenvalue weighted by Gasteiger charge is 2.31. The molecule has 0 saturated carbocycles. The van der Waals surface area contributed by atoms with E-state index in [0.717, 1.165) is 44.0 Å². The van der Waals surface area contributed by atoms with Gasteiger partial charge in [-0.05, 0) is 36.6 Å².